The summed E-state index contributed by atoms with van der Waals surface area (Å²) >= 11 is 2.04. The second-order valence-corrected chi connectivity index (χ2v) is 9.24. The number of hydrogen-bond acceptors (Lipinski definition) is 7. The molecule has 2 aromatic rings. The summed E-state index contributed by atoms with van der Waals surface area (Å²) in [6.07, 6.45) is 0.820. The fraction of sp³-hybridized carbons (Fsp3) is 0.360. The van der Waals surface area contributed by atoms with Crippen molar-refractivity contribution in [1.82, 2.24) is 10.6 Å². The second kappa shape index (κ2) is 12.3. The summed E-state index contributed by atoms with van der Waals surface area (Å²) in [4.78, 5) is 23.9. The average molecular weight is 580 g/mol. The Balaban J connectivity index is 1.86. The van der Waals surface area contributed by atoms with Crippen molar-refractivity contribution in [1.29, 1.82) is 0 Å². The van der Waals surface area contributed by atoms with Crippen LogP contribution in [0.1, 0.15) is 27.9 Å². The molecule has 4 N–H and O–H groups in total. The molecule has 3 rings (SSSR count). The van der Waals surface area contributed by atoms with E-state index in [1.165, 1.54) is 7.11 Å². The summed E-state index contributed by atoms with van der Waals surface area (Å²) in [7, 11) is 1.47. The molecule has 0 fully saturated rings. The smallest absolute Gasteiger partial charge is 0.247 e. The first kappa shape index (κ1) is 26.1. The molecule has 182 valence electrons. The van der Waals surface area contributed by atoms with E-state index in [0.29, 0.717) is 39.2 Å². The Morgan fingerprint density at radius 2 is 2.00 bits per heavy atom. The highest BCUT2D eigenvalue weighted by Gasteiger charge is 2.36. The molecule has 1 aliphatic rings. The molecule has 0 radical (unpaired) electrons. The van der Waals surface area contributed by atoms with Crippen molar-refractivity contribution in [2.24, 2.45) is 0 Å². The van der Waals surface area contributed by atoms with Crippen LogP contribution in [0.5, 0.6) is 11.5 Å². The van der Waals surface area contributed by atoms with Crippen molar-refractivity contribution in [3.8, 4) is 11.5 Å². The highest BCUT2D eigenvalue weighted by molar-refractivity contribution is 14.1. The number of carbonyl (C=O) groups excluding carboxylic acids is 2. The van der Waals surface area contributed by atoms with Crippen molar-refractivity contribution in [2.45, 2.75) is 38.1 Å². The van der Waals surface area contributed by atoms with Crippen LogP contribution in [0, 0.1) is 10.5 Å². The minimum absolute atomic E-state index is 0.130. The Bertz CT molecular complexity index is 1040. The van der Waals surface area contributed by atoms with Gasteiger partial charge in [-0.25, -0.2) is 0 Å². The van der Waals surface area contributed by atoms with E-state index in [2.05, 4.69) is 10.6 Å². The lowest BCUT2D eigenvalue weighted by atomic mass is 9.89. The molecule has 0 bridgehead atoms. The molecule has 9 heteroatoms. The van der Waals surface area contributed by atoms with Gasteiger partial charge in [0.1, 0.15) is 18.5 Å². The van der Waals surface area contributed by atoms with Gasteiger partial charge in [-0.2, -0.15) is 0 Å². The number of aliphatic hydroxyl groups excluding tert-OH is 2. The molecule has 34 heavy (non-hydrogen) atoms. The number of aliphatic hydroxyl groups is 2. The third-order valence-corrected chi connectivity index (χ3v) is 6.38. The lowest BCUT2D eigenvalue weighted by Crippen LogP contribution is -2.51. The largest absolute Gasteiger partial charge is 0.493 e. The van der Waals surface area contributed by atoms with Gasteiger partial charge < -0.3 is 30.3 Å². The standard InChI is InChI=1S/C25H29IN2O6/c1-15-3-5-16(6-4-15)13-28-20-11-18(25(32)27-7-8-29)12-21(23(20)31)34-24-19(26)9-17(14-30)10-22(24)33-2/h3-6,9-10,12,14,20-21,23,28-29,31H,7-8,11,13H2,1-2H3,(H,27,32)/t20-,21+,23+/m1/s1. The SMILES string of the molecule is COc1cc(C=O)cc(I)c1O[C@H]1C=C(C(=O)NCCO)C[C@@H](NCc2ccc(C)cc2)[C@@H]1O. The van der Waals surface area contributed by atoms with Gasteiger partial charge in [0.25, 0.3) is 0 Å². The molecule has 0 saturated carbocycles. The topological polar surface area (TPSA) is 117 Å². The van der Waals surface area contributed by atoms with E-state index in [1.807, 2.05) is 53.8 Å². The van der Waals surface area contributed by atoms with Gasteiger partial charge in [-0.1, -0.05) is 29.8 Å². The van der Waals surface area contributed by atoms with Crippen molar-refractivity contribution in [3.63, 3.8) is 0 Å². The second-order valence-electron chi connectivity index (χ2n) is 8.07. The Labute approximate surface area is 212 Å². The fourth-order valence-electron chi connectivity index (χ4n) is 3.71. The number of nitrogens with one attached hydrogen (secondary N) is 2. The lowest BCUT2D eigenvalue weighted by molar-refractivity contribution is -0.118. The molecule has 0 spiro atoms. The number of carbonyl (C=O) groups is 2. The van der Waals surface area contributed by atoms with E-state index in [9.17, 15) is 14.7 Å². The summed E-state index contributed by atoms with van der Waals surface area (Å²) in [6.45, 7) is 2.48. The highest BCUT2D eigenvalue weighted by atomic mass is 127. The zero-order valence-electron chi connectivity index (χ0n) is 19.1. The molecule has 1 amide bonds. The van der Waals surface area contributed by atoms with Crippen LogP contribution in [0.4, 0.5) is 0 Å². The normalized spacial score (nSPS) is 19.8. The Morgan fingerprint density at radius 1 is 1.26 bits per heavy atom. The number of aldehydes is 1. The molecule has 8 nitrogen and oxygen atoms in total. The number of aryl methyl sites for hydroxylation is 1. The summed E-state index contributed by atoms with van der Waals surface area (Å²) in [5.74, 6) is 0.411. The van der Waals surface area contributed by atoms with Gasteiger partial charge in [-0.15, -0.1) is 0 Å². The van der Waals surface area contributed by atoms with Crippen LogP contribution in [-0.2, 0) is 11.3 Å². The quantitative estimate of drug-likeness (QED) is 0.251. The van der Waals surface area contributed by atoms with Crippen molar-refractivity contribution >= 4 is 34.8 Å². The number of methoxy groups -OCH3 is 1. The van der Waals surface area contributed by atoms with Crippen molar-refractivity contribution in [2.75, 3.05) is 20.3 Å². The van der Waals surface area contributed by atoms with Gasteiger partial charge in [0.2, 0.25) is 5.91 Å². The number of hydrogen-bond donors (Lipinski definition) is 4. The maximum Gasteiger partial charge on any atom is 0.247 e. The van der Waals surface area contributed by atoms with E-state index < -0.39 is 18.2 Å². The van der Waals surface area contributed by atoms with Crippen LogP contribution in [0.2, 0.25) is 0 Å². The first-order valence-corrected chi connectivity index (χ1v) is 12.0. The zero-order valence-corrected chi connectivity index (χ0v) is 21.2. The molecule has 0 saturated heterocycles. The zero-order chi connectivity index (χ0) is 24.7. The molecular weight excluding hydrogens is 551 g/mol. The van der Waals surface area contributed by atoms with Crippen molar-refractivity contribution in [3.05, 3.63) is 68.3 Å². The van der Waals surface area contributed by atoms with E-state index in [-0.39, 0.29) is 19.1 Å². The first-order chi connectivity index (χ1) is 16.4. The van der Waals surface area contributed by atoms with E-state index in [0.717, 1.165) is 17.4 Å². The predicted octanol–water partition coefficient (Wildman–Crippen LogP) is 2.13. The summed E-state index contributed by atoms with van der Waals surface area (Å²) in [5, 5.41) is 26.2. The molecule has 3 atom stereocenters. The van der Waals surface area contributed by atoms with Gasteiger partial charge in [0, 0.05) is 30.3 Å². The lowest BCUT2D eigenvalue weighted by Gasteiger charge is -2.34. The maximum atomic E-state index is 12.7. The minimum atomic E-state index is -0.953. The van der Waals surface area contributed by atoms with Gasteiger partial charge >= 0.3 is 0 Å². The Morgan fingerprint density at radius 3 is 2.65 bits per heavy atom. The molecule has 0 aliphatic heterocycles. The molecule has 0 aromatic heterocycles. The predicted molar refractivity (Wildman–Crippen MR) is 136 cm³/mol. The Kier molecular flexibility index (Phi) is 9.45. The highest BCUT2D eigenvalue weighted by Crippen LogP contribution is 2.36. The summed E-state index contributed by atoms with van der Waals surface area (Å²) in [6, 6.07) is 10.8. The van der Waals surface area contributed by atoms with Gasteiger partial charge in [0.15, 0.2) is 11.5 Å². The molecule has 0 unspecified atom stereocenters. The number of amides is 1. The number of rotatable bonds is 10. The number of ether oxygens (including phenoxy) is 2. The van der Waals surface area contributed by atoms with Gasteiger partial charge in [-0.05, 0) is 59.7 Å². The molecule has 1 aliphatic carbocycles. The van der Waals surface area contributed by atoms with E-state index >= 15 is 0 Å². The third-order valence-electron chi connectivity index (χ3n) is 5.57. The average Bonchev–Trinajstić information content (AvgIpc) is 2.84. The van der Waals surface area contributed by atoms with Crippen LogP contribution in [0.25, 0.3) is 0 Å². The molecular formula is C25H29IN2O6. The van der Waals surface area contributed by atoms with E-state index in [1.54, 1.807) is 18.2 Å². The molecule has 2 aromatic carbocycles. The summed E-state index contributed by atoms with van der Waals surface area (Å²) in [5.41, 5.74) is 3.10. The number of halogens is 1. The van der Waals surface area contributed by atoms with Crippen LogP contribution < -0.4 is 20.1 Å². The van der Waals surface area contributed by atoms with Crippen molar-refractivity contribution < 1.29 is 29.3 Å². The van der Waals surface area contributed by atoms with Crippen LogP contribution >= 0.6 is 22.6 Å². The summed E-state index contributed by atoms with van der Waals surface area (Å²) < 4.78 is 12.2. The van der Waals surface area contributed by atoms with Crippen LogP contribution in [0.15, 0.2) is 48.0 Å². The minimum Gasteiger partial charge on any atom is -0.493 e. The van der Waals surface area contributed by atoms with E-state index in [4.69, 9.17) is 14.6 Å². The van der Waals surface area contributed by atoms with Gasteiger partial charge in [0.05, 0.1) is 17.3 Å². The van der Waals surface area contributed by atoms with Crippen LogP contribution in [0.3, 0.4) is 0 Å². The Hall–Kier alpha value is -2.47. The molecule has 0 heterocycles. The van der Waals surface area contributed by atoms with Gasteiger partial charge in [-0.3, -0.25) is 9.59 Å². The fourth-order valence-corrected chi connectivity index (χ4v) is 4.47. The third kappa shape index (κ3) is 6.56. The van der Waals surface area contributed by atoms with Crippen LogP contribution in [-0.4, -0.2) is 60.9 Å². The maximum absolute atomic E-state index is 12.7. The monoisotopic (exact) mass is 580 g/mol. The first-order valence-electron chi connectivity index (χ1n) is 10.9. The number of benzene rings is 2.